The van der Waals surface area contributed by atoms with E-state index in [1.807, 2.05) is 54.8 Å². The highest BCUT2D eigenvalue weighted by molar-refractivity contribution is 7.98. The van der Waals surface area contributed by atoms with E-state index < -0.39 is 0 Å². The number of benzene rings is 2. The van der Waals surface area contributed by atoms with E-state index in [-0.39, 0.29) is 6.03 Å². The van der Waals surface area contributed by atoms with Gasteiger partial charge in [-0.05, 0) is 36.6 Å². The average molecular weight is 312 g/mol. The largest absolute Gasteiger partial charge is 0.340 e. The lowest BCUT2D eigenvalue weighted by Gasteiger charge is -2.07. The third kappa shape index (κ3) is 3.40. The third-order valence-corrected chi connectivity index (χ3v) is 3.91. The lowest BCUT2D eigenvalue weighted by molar-refractivity contribution is 0.251. The van der Waals surface area contributed by atoms with Crippen molar-refractivity contribution in [2.45, 2.75) is 11.4 Å². The van der Waals surface area contributed by atoms with Gasteiger partial charge in [-0.25, -0.2) is 9.78 Å². The van der Waals surface area contributed by atoms with Crippen LogP contribution in [-0.2, 0) is 6.54 Å². The molecule has 0 unspecified atom stereocenters. The summed E-state index contributed by atoms with van der Waals surface area (Å²) in [5.74, 6) is 0.731. The van der Waals surface area contributed by atoms with Crippen LogP contribution >= 0.6 is 11.8 Å². The second-order valence-electron chi connectivity index (χ2n) is 4.74. The maximum absolute atomic E-state index is 11.9. The highest BCUT2D eigenvalue weighted by Crippen LogP contribution is 2.18. The van der Waals surface area contributed by atoms with Gasteiger partial charge in [0.1, 0.15) is 5.82 Å². The van der Waals surface area contributed by atoms with Crippen molar-refractivity contribution in [2.24, 2.45) is 0 Å². The molecule has 112 valence electrons. The van der Waals surface area contributed by atoms with Crippen LogP contribution in [0, 0.1) is 0 Å². The zero-order valence-electron chi connectivity index (χ0n) is 12.1. The summed E-state index contributed by atoms with van der Waals surface area (Å²) in [5.41, 5.74) is 2.63. The molecule has 0 aliphatic heterocycles. The molecule has 0 spiro atoms. The normalized spacial score (nSPS) is 10.6. The van der Waals surface area contributed by atoms with Crippen LogP contribution in [0.2, 0.25) is 0 Å². The van der Waals surface area contributed by atoms with Crippen LogP contribution in [0.15, 0.2) is 53.4 Å². The smallest absolute Gasteiger partial charge is 0.319 e. The predicted octanol–water partition coefficient (Wildman–Crippen LogP) is 3.61. The van der Waals surface area contributed by atoms with Crippen LogP contribution in [0.1, 0.15) is 5.82 Å². The van der Waals surface area contributed by atoms with E-state index in [1.54, 1.807) is 11.8 Å². The molecule has 1 heterocycles. The second kappa shape index (κ2) is 6.53. The summed E-state index contributed by atoms with van der Waals surface area (Å²) in [7, 11) is 0. The fourth-order valence-corrected chi connectivity index (χ4v) is 2.59. The van der Waals surface area contributed by atoms with Gasteiger partial charge in [0, 0.05) is 10.6 Å². The summed E-state index contributed by atoms with van der Waals surface area (Å²) in [5, 5.41) is 5.61. The lowest BCUT2D eigenvalue weighted by atomic mass is 10.3. The number of imidazole rings is 1. The maximum atomic E-state index is 11.9. The van der Waals surface area contributed by atoms with Crippen molar-refractivity contribution in [3.8, 4) is 0 Å². The Morgan fingerprint density at radius 1 is 1.23 bits per heavy atom. The number of amides is 2. The van der Waals surface area contributed by atoms with Gasteiger partial charge in [-0.2, -0.15) is 0 Å². The molecule has 2 amide bonds. The van der Waals surface area contributed by atoms with Crippen LogP contribution in [0.3, 0.4) is 0 Å². The summed E-state index contributed by atoms with van der Waals surface area (Å²) < 4.78 is 0. The number of nitrogens with one attached hydrogen (secondary N) is 3. The van der Waals surface area contributed by atoms with Crippen molar-refractivity contribution in [1.29, 1.82) is 0 Å². The Kier molecular flexibility index (Phi) is 4.29. The monoisotopic (exact) mass is 312 g/mol. The lowest BCUT2D eigenvalue weighted by Crippen LogP contribution is -2.28. The van der Waals surface area contributed by atoms with Gasteiger partial charge in [0.15, 0.2) is 0 Å². The summed E-state index contributed by atoms with van der Waals surface area (Å²) >= 11 is 1.64. The van der Waals surface area contributed by atoms with Crippen molar-refractivity contribution in [2.75, 3.05) is 11.6 Å². The maximum Gasteiger partial charge on any atom is 0.319 e. The topological polar surface area (TPSA) is 69.8 Å². The molecule has 3 aromatic rings. The fraction of sp³-hybridized carbons (Fsp3) is 0.125. The number of para-hydroxylation sites is 2. The van der Waals surface area contributed by atoms with E-state index in [0.717, 1.165) is 27.4 Å². The first-order chi connectivity index (χ1) is 10.7. The molecule has 1 aromatic heterocycles. The van der Waals surface area contributed by atoms with Gasteiger partial charge in [0.05, 0.1) is 17.6 Å². The molecule has 0 fully saturated rings. The SMILES string of the molecule is CSc1cccc(NC(=O)NCc2nc3ccccc3[nH]2)c1. The summed E-state index contributed by atoms with van der Waals surface area (Å²) in [6, 6.07) is 15.2. The molecule has 2 aromatic carbocycles. The Hall–Kier alpha value is -2.47. The van der Waals surface area contributed by atoms with E-state index in [9.17, 15) is 4.79 Å². The number of carbonyl (C=O) groups excluding carboxylic acids is 1. The number of aromatic amines is 1. The quantitative estimate of drug-likeness (QED) is 0.645. The number of aromatic nitrogens is 2. The van der Waals surface area contributed by atoms with E-state index in [2.05, 4.69) is 20.6 Å². The number of nitrogens with zero attached hydrogens (tertiary/aromatic N) is 1. The molecule has 3 rings (SSSR count). The van der Waals surface area contributed by atoms with Crippen molar-refractivity contribution < 1.29 is 4.79 Å². The van der Waals surface area contributed by atoms with E-state index in [1.165, 1.54) is 0 Å². The molecule has 0 bridgehead atoms. The summed E-state index contributed by atoms with van der Waals surface area (Å²) in [6.07, 6.45) is 2.00. The Morgan fingerprint density at radius 3 is 2.91 bits per heavy atom. The fourth-order valence-electron chi connectivity index (χ4n) is 2.13. The van der Waals surface area contributed by atoms with Crippen molar-refractivity contribution >= 4 is 34.5 Å². The summed E-state index contributed by atoms with van der Waals surface area (Å²) in [4.78, 5) is 20.6. The number of rotatable bonds is 4. The number of anilines is 1. The zero-order valence-corrected chi connectivity index (χ0v) is 12.9. The van der Waals surface area contributed by atoms with Crippen molar-refractivity contribution in [1.82, 2.24) is 15.3 Å². The highest BCUT2D eigenvalue weighted by Gasteiger charge is 2.05. The molecule has 22 heavy (non-hydrogen) atoms. The zero-order chi connectivity index (χ0) is 15.4. The summed E-state index contributed by atoms with van der Waals surface area (Å²) in [6.45, 7) is 0.350. The van der Waals surface area contributed by atoms with Crippen LogP contribution in [0.5, 0.6) is 0 Å². The molecule has 3 N–H and O–H groups in total. The Balaban J connectivity index is 1.59. The highest BCUT2D eigenvalue weighted by atomic mass is 32.2. The molecule has 0 saturated carbocycles. The van der Waals surface area contributed by atoms with Gasteiger partial charge < -0.3 is 15.6 Å². The van der Waals surface area contributed by atoms with Crippen LogP contribution in [-0.4, -0.2) is 22.3 Å². The minimum atomic E-state index is -0.251. The number of hydrogen-bond donors (Lipinski definition) is 3. The van der Waals surface area contributed by atoms with Crippen molar-refractivity contribution in [3.05, 3.63) is 54.4 Å². The third-order valence-electron chi connectivity index (χ3n) is 3.18. The molecule has 0 aliphatic rings. The van der Waals surface area contributed by atoms with Gasteiger partial charge in [0.25, 0.3) is 0 Å². The number of H-pyrrole nitrogens is 1. The van der Waals surface area contributed by atoms with E-state index in [0.29, 0.717) is 6.54 Å². The first-order valence-electron chi connectivity index (χ1n) is 6.87. The molecule has 5 nitrogen and oxygen atoms in total. The van der Waals surface area contributed by atoms with Gasteiger partial charge in [-0.1, -0.05) is 18.2 Å². The van der Waals surface area contributed by atoms with Crippen LogP contribution in [0.4, 0.5) is 10.5 Å². The van der Waals surface area contributed by atoms with Gasteiger partial charge in [-0.15, -0.1) is 11.8 Å². The van der Waals surface area contributed by atoms with E-state index >= 15 is 0 Å². The number of carbonyl (C=O) groups is 1. The molecule has 0 radical (unpaired) electrons. The Labute approximate surface area is 132 Å². The van der Waals surface area contributed by atoms with Gasteiger partial charge >= 0.3 is 6.03 Å². The number of hydrogen-bond acceptors (Lipinski definition) is 3. The average Bonchev–Trinajstić information content (AvgIpc) is 2.96. The molecule has 0 aliphatic carbocycles. The molecule has 0 atom stereocenters. The van der Waals surface area contributed by atoms with Crippen LogP contribution in [0.25, 0.3) is 11.0 Å². The predicted molar refractivity (Wildman–Crippen MR) is 90.2 cm³/mol. The molecular weight excluding hydrogens is 296 g/mol. The Bertz CT molecular complexity index is 766. The first kappa shape index (κ1) is 14.5. The van der Waals surface area contributed by atoms with Gasteiger partial charge in [-0.3, -0.25) is 0 Å². The first-order valence-corrected chi connectivity index (χ1v) is 8.09. The van der Waals surface area contributed by atoms with E-state index in [4.69, 9.17) is 0 Å². The van der Waals surface area contributed by atoms with Crippen molar-refractivity contribution in [3.63, 3.8) is 0 Å². The van der Waals surface area contributed by atoms with Gasteiger partial charge in [0.2, 0.25) is 0 Å². The van der Waals surface area contributed by atoms with Crippen LogP contribution < -0.4 is 10.6 Å². The standard InChI is InChI=1S/C16H16N4OS/c1-22-12-6-4-5-11(9-12)18-16(21)17-10-15-19-13-7-2-3-8-14(13)20-15/h2-9H,10H2,1H3,(H,19,20)(H2,17,18,21). The molecular formula is C16H16N4OS. The number of thioether (sulfide) groups is 1. The molecule has 0 saturated heterocycles. The molecule has 6 heteroatoms. The second-order valence-corrected chi connectivity index (χ2v) is 5.62. The minimum Gasteiger partial charge on any atom is -0.340 e. The Morgan fingerprint density at radius 2 is 2.09 bits per heavy atom. The minimum absolute atomic E-state index is 0.251. The number of fused-ring (bicyclic) bond motifs is 1. The number of urea groups is 1.